The molecule has 1 heterocycles. The normalized spacial score (nSPS) is 10.8. The number of carbonyl (C=O) groups is 1. The second kappa shape index (κ2) is 6.36. The van der Waals surface area contributed by atoms with Gasteiger partial charge < -0.3 is 20.1 Å². The van der Waals surface area contributed by atoms with Gasteiger partial charge in [-0.15, -0.1) is 0 Å². The van der Waals surface area contributed by atoms with Crippen LogP contribution in [0.25, 0.3) is 10.9 Å². The van der Waals surface area contributed by atoms with E-state index in [1.807, 2.05) is 24.4 Å². The van der Waals surface area contributed by atoms with Gasteiger partial charge in [-0.3, -0.25) is 4.79 Å². The number of nitrogens with one attached hydrogen (secondary N) is 2. The molecular weight excluding hydrogens is 244 g/mol. The van der Waals surface area contributed by atoms with E-state index in [-0.39, 0.29) is 19.1 Å². The number of H-pyrrole nitrogens is 1. The van der Waals surface area contributed by atoms with Crippen LogP contribution in [-0.4, -0.2) is 36.3 Å². The van der Waals surface area contributed by atoms with Crippen molar-refractivity contribution < 1.29 is 14.6 Å². The lowest BCUT2D eigenvalue weighted by molar-refractivity contribution is -0.124. The highest BCUT2D eigenvalue weighted by Crippen LogP contribution is 2.20. The van der Waals surface area contributed by atoms with Crippen LogP contribution in [-0.2, 0) is 22.6 Å². The molecule has 1 amide bonds. The molecule has 0 saturated heterocycles. The Bertz CT molecular complexity index is 563. The molecule has 2 aromatic rings. The number of rotatable bonds is 6. The quantitative estimate of drug-likeness (QED) is 0.726. The maximum atomic E-state index is 11.3. The SMILES string of the molecule is COCC(=O)NCCc1c[nH]c2ccc(CO)cc12. The molecule has 0 aliphatic carbocycles. The van der Waals surface area contributed by atoms with Gasteiger partial charge in [-0.2, -0.15) is 0 Å². The summed E-state index contributed by atoms with van der Waals surface area (Å²) in [5.41, 5.74) is 3.05. The van der Waals surface area contributed by atoms with Gasteiger partial charge in [-0.05, 0) is 29.7 Å². The van der Waals surface area contributed by atoms with Gasteiger partial charge >= 0.3 is 0 Å². The van der Waals surface area contributed by atoms with E-state index in [1.54, 1.807) is 0 Å². The highest BCUT2D eigenvalue weighted by atomic mass is 16.5. The molecule has 0 bridgehead atoms. The van der Waals surface area contributed by atoms with Gasteiger partial charge in [-0.1, -0.05) is 6.07 Å². The maximum Gasteiger partial charge on any atom is 0.245 e. The summed E-state index contributed by atoms with van der Waals surface area (Å²) < 4.78 is 4.75. The molecule has 1 aromatic heterocycles. The summed E-state index contributed by atoms with van der Waals surface area (Å²) >= 11 is 0. The van der Waals surface area contributed by atoms with Crippen LogP contribution in [0.1, 0.15) is 11.1 Å². The summed E-state index contributed by atoms with van der Waals surface area (Å²) in [6.07, 6.45) is 2.68. The fraction of sp³-hybridized carbons (Fsp3) is 0.357. The Balaban J connectivity index is 2.02. The largest absolute Gasteiger partial charge is 0.392 e. The Morgan fingerprint density at radius 3 is 3.05 bits per heavy atom. The fourth-order valence-electron chi connectivity index (χ4n) is 2.05. The molecule has 2 rings (SSSR count). The molecule has 0 saturated carbocycles. The zero-order chi connectivity index (χ0) is 13.7. The molecule has 19 heavy (non-hydrogen) atoms. The van der Waals surface area contributed by atoms with Crippen LogP contribution in [0, 0.1) is 0 Å². The zero-order valence-electron chi connectivity index (χ0n) is 10.9. The van der Waals surface area contributed by atoms with Crippen molar-refractivity contribution >= 4 is 16.8 Å². The second-order valence-electron chi connectivity index (χ2n) is 4.38. The van der Waals surface area contributed by atoms with E-state index < -0.39 is 0 Å². The summed E-state index contributed by atoms with van der Waals surface area (Å²) in [5.74, 6) is -0.113. The standard InChI is InChI=1S/C14H18N2O3/c1-19-9-14(18)15-5-4-11-7-16-13-3-2-10(8-17)6-12(11)13/h2-3,6-7,16-17H,4-5,8-9H2,1H3,(H,15,18). The van der Waals surface area contributed by atoms with Crippen molar-refractivity contribution in [3.8, 4) is 0 Å². The number of aromatic nitrogens is 1. The van der Waals surface area contributed by atoms with Crippen LogP contribution in [0.4, 0.5) is 0 Å². The van der Waals surface area contributed by atoms with Gasteiger partial charge in [0.05, 0.1) is 6.61 Å². The molecule has 0 aliphatic rings. The number of methoxy groups -OCH3 is 1. The number of hydrogen-bond donors (Lipinski definition) is 3. The predicted molar refractivity (Wildman–Crippen MR) is 72.8 cm³/mol. The number of ether oxygens (including phenoxy) is 1. The Morgan fingerprint density at radius 2 is 2.32 bits per heavy atom. The molecule has 1 aromatic carbocycles. The molecule has 0 unspecified atom stereocenters. The van der Waals surface area contributed by atoms with Crippen LogP contribution in [0.2, 0.25) is 0 Å². The topological polar surface area (TPSA) is 74.3 Å². The van der Waals surface area contributed by atoms with Gasteiger partial charge in [0, 0.05) is 30.8 Å². The van der Waals surface area contributed by atoms with Crippen molar-refractivity contribution in [2.24, 2.45) is 0 Å². The molecule has 0 radical (unpaired) electrons. The second-order valence-corrected chi connectivity index (χ2v) is 4.38. The minimum atomic E-state index is -0.113. The number of aliphatic hydroxyl groups excluding tert-OH is 1. The van der Waals surface area contributed by atoms with Crippen LogP contribution < -0.4 is 5.32 Å². The number of carbonyl (C=O) groups excluding carboxylic acids is 1. The van der Waals surface area contributed by atoms with Crippen molar-refractivity contribution in [3.63, 3.8) is 0 Å². The third-order valence-corrected chi connectivity index (χ3v) is 3.01. The first-order chi connectivity index (χ1) is 9.24. The predicted octanol–water partition coefficient (Wildman–Crippen LogP) is 0.965. The van der Waals surface area contributed by atoms with Crippen LogP contribution in [0.3, 0.4) is 0 Å². The minimum Gasteiger partial charge on any atom is -0.392 e. The maximum absolute atomic E-state index is 11.3. The highest BCUT2D eigenvalue weighted by molar-refractivity contribution is 5.84. The molecule has 0 atom stereocenters. The lowest BCUT2D eigenvalue weighted by Gasteiger charge is -2.04. The van der Waals surface area contributed by atoms with Gasteiger partial charge in [0.15, 0.2) is 0 Å². The Labute approximate surface area is 111 Å². The number of aromatic amines is 1. The van der Waals surface area contributed by atoms with E-state index >= 15 is 0 Å². The van der Waals surface area contributed by atoms with E-state index in [9.17, 15) is 4.79 Å². The Morgan fingerprint density at radius 1 is 1.47 bits per heavy atom. The summed E-state index contributed by atoms with van der Waals surface area (Å²) in [6.45, 7) is 0.687. The Kier molecular flexibility index (Phi) is 4.54. The number of benzene rings is 1. The van der Waals surface area contributed by atoms with Crippen LogP contribution >= 0.6 is 0 Å². The molecular formula is C14H18N2O3. The van der Waals surface area contributed by atoms with Gasteiger partial charge in [0.1, 0.15) is 6.61 Å². The van der Waals surface area contributed by atoms with Crippen molar-refractivity contribution in [1.29, 1.82) is 0 Å². The van der Waals surface area contributed by atoms with Crippen molar-refractivity contribution in [3.05, 3.63) is 35.5 Å². The van der Waals surface area contributed by atoms with E-state index in [4.69, 9.17) is 9.84 Å². The molecule has 0 fully saturated rings. The number of amides is 1. The monoisotopic (exact) mass is 262 g/mol. The minimum absolute atomic E-state index is 0.0329. The summed E-state index contributed by atoms with van der Waals surface area (Å²) in [7, 11) is 1.50. The lowest BCUT2D eigenvalue weighted by atomic mass is 10.1. The van der Waals surface area contributed by atoms with E-state index in [2.05, 4.69) is 10.3 Å². The third kappa shape index (κ3) is 3.33. The van der Waals surface area contributed by atoms with Crippen molar-refractivity contribution in [2.75, 3.05) is 20.3 Å². The summed E-state index contributed by atoms with van der Waals surface area (Å²) in [4.78, 5) is 14.4. The smallest absolute Gasteiger partial charge is 0.245 e. The average molecular weight is 262 g/mol. The molecule has 0 aliphatic heterocycles. The number of fused-ring (bicyclic) bond motifs is 1. The fourth-order valence-corrected chi connectivity index (χ4v) is 2.05. The molecule has 102 valence electrons. The average Bonchev–Trinajstić information content (AvgIpc) is 2.81. The summed E-state index contributed by atoms with van der Waals surface area (Å²) in [5, 5.41) is 13.0. The highest BCUT2D eigenvalue weighted by Gasteiger charge is 2.05. The molecule has 5 heteroatoms. The van der Waals surface area contributed by atoms with E-state index in [0.29, 0.717) is 6.54 Å². The van der Waals surface area contributed by atoms with E-state index in [1.165, 1.54) is 7.11 Å². The Hall–Kier alpha value is -1.85. The summed E-state index contributed by atoms with van der Waals surface area (Å²) in [6, 6.07) is 5.81. The zero-order valence-corrected chi connectivity index (χ0v) is 10.9. The van der Waals surface area contributed by atoms with Gasteiger partial charge in [0.25, 0.3) is 0 Å². The van der Waals surface area contributed by atoms with Gasteiger partial charge in [-0.25, -0.2) is 0 Å². The van der Waals surface area contributed by atoms with Crippen molar-refractivity contribution in [2.45, 2.75) is 13.0 Å². The lowest BCUT2D eigenvalue weighted by Crippen LogP contribution is -2.28. The van der Waals surface area contributed by atoms with Gasteiger partial charge in [0.2, 0.25) is 5.91 Å². The number of aliphatic hydroxyl groups is 1. The number of hydrogen-bond acceptors (Lipinski definition) is 3. The molecule has 3 N–H and O–H groups in total. The van der Waals surface area contributed by atoms with Crippen molar-refractivity contribution in [1.82, 2.24) is 10.3 Å². The first-order valence-electron chi connectivity index (χ1n) is 6.20. The molecule has 0 spiro atoms. The third-order valence-electron chi connectivity index (χ3n) is 3.01. The van der Waals surface area contributed by atoms with E-state index in [0.717, 1.165) is 28.5 Å². The van der Waals surface area contributed by atoms with Crippen LogP contribution in [0.15, 0.2) is 24.4 Å². The molecule has 5 nitrogen and oxygen atoms in total. The first kappa shape index (κ1) is 13.6. The van der Waals surface area contributed by atoms with Crippen LogP contribution in [0.5, 0.6) is 0 Å². The first-order valence-corrected chi connectivity index (χ1v) is 6.20.